The average molecular weight is 237 g/mol. The molecule has 2 atom stereocenters. The molecule has 0 saturated carbocycles. The lowest BCUT2D eigenvalue weighted by Crippen LogP contribution is -2.18. The average Bonchev–Trinajstić information content (AvgIpc) is 2.10. The Bertz CT molecular complexity index is 263. The standard InChI is InChI=1S/C9H14F2NO2P/c1-6(3-9(10,11)15)5-14-8(13)7(2)4-12/h4,6,12H,2-3,5,15H2,1H3. The van der Waals surface area contributed by atoms with Gasteiger partial charge in [-0.25, -0.2) is 13.6 Å². The van der Waals surface area contributed by atoms with Crippen LogP contribution < -0.4 is 0 Å². The number of rotatable bonds is 6. The largest absolute Gasteiger partial charge is 0.462 e. The van der Waals surface area contributed by atoms with Crippen molar-refractivity contribution in [2.24, 2.45) is 5.92 Å². The highest BCUT2D eigenvalue weighted by Gasteiger charge is 2.25. The minimum atomic E-state index is -2.84. The first-order valence-electron chi connectivity index (χ1n) is 4.29. The van der Waals surface area contributed by atoms with E-state index in [9.17, 15) is 13.6 Å². The molecule has 0 aromatic rings. The van der Waals surface area contributed by atoms with Crippen LogP contribution in [-0.4, -0.2) is 24.5 Å². The number of halogens is 2. The molecule has 0 spiro atoms. The van der Waals surface area contributed by atoms with Crippen LogP contribution in [-0.2, 0) is 9.53 Å². The highest BCUT2D eigenvalue weighted by molar-refractivity contribution is 7.18. The van der Waals surface area contributed by atoms with Crippen LogP contribution in [0.4, 0.5) is 8.78 Å². The molecule has 0 heterocycles. The second-order valence-corrected chi connectivity index (χ2v) is 4.18. The van der Waals surface area contributed by atoms with E-state index in [4.69, 9.17) is 5.41 Å². The molecule has 1 N–H and O–H groups in total. The molecule has 0 fully saturated rings. The molecule has 0 aromatic carbocycles. The number of hydrogen-bond acceptors (Lipinski definition) is 3. The molecule has 0 rings (SSSR count). The Balaban J connectivity index is 3.91. The van der Waals surface area contributed by atoms with Crippen molar-refractivity contribution in [2.45, 2.75) is 19.0 Å². The van der Waals surface area contributed by atoms with Gasteiger partial charge < -0.3 is 10.1 Å². The highest BCUT2D eigenvalue weighted by atomic mass is 31.0. The summed E-state index contributed by atoms with van der Waals surface area (Å²) in [6, 6.07) is 0. The van der Waals surface area contributed by atoms with Crippen LogP contribution in [0.5, 0.6) is 0 Å². The Hall–Kier alpha value is -0.830. The molecule has 6 heteroatoms. The van der Waals surface area contributed by atoms with Crippen molar-refractivity contribution in [1.82, 2.24) is 0 Å². The molecule has 0 aliphatic carbocycles. The summed E-state index contributed by atoms with van der Waals surface area (Å²) in [5.41, 5.74) is -2.94. The fourth-order valence-corrected chi connectivity index (χ4v) is 1.30. The van der Waals surface area contributed by atoms with Crippen LogP contribution in [0.1, 0.15) is 13.3 Å². The fraction of sp³-hybridized carbons (Fsp3) is 0.556. The van der Waals surface area contributed by atoms with E-state index < -0.39 is 17.6 Å². The fourth-order valence-electron chi connectivity index (χ4n) is 0.893. The number of carbonyl (C=O) groups excluding carboxylic acids is 1. The summed E-state index contributed by atoms with van der Waals surface area (Å²) in [4.78, 5) is 11.0. The van der Waals surface area contributed by atoms with Crippen LogP contribution in [0.3, 0.4) is 0 Å². The van der Waals surface area contributed by atoms with Gasteiger partial charge in [0.1, 0.15) is 0 Å². The third-order valence-corrected chi connectivity index (χ3v) is 1.79. The van der Waals surface area contributed by atoms with Crippen molar-refractivity contribution < 1.29 is 18.3 Å². The van der Waals surface area contributed by atoms with E-state index in [1.54, 1.807) is 6.92 Å². The summed E-state index contributed by atoms with van der Waals surface area (Å²) in [5, 5.41) is 6.72. The lowest BCUT2D eigenvalue weighted by Gasteiger charge is -2.16. The van der Waals surface area contributed by atoms with E-state index >= 15 is 0 Å². The summed E-state index contributed by atoms with van der Waals surface area (Å²) in [7, 11) is 1.43. The van der Waals surface area contributed by atoms with Crippen LogP contribution >= 0.6 is 9.24 Å². The Morgan fingerprint density at radius 1 is 1.73 bits per heavy atom. The van der Waals surface area contributed by atoms with E-state index in [1.165, 1.54) is 9.24 Å². The summed E-state index contributed by atoms with van der Waals surface area (Å²) in [6.45, 7) is 4.71. The second kappa shape index (κ2) is 5.91. The lowest BCUT2D eigenvalue weighted by molar-refractivity contribution is -0.140. The van der Waals surface area contributed by atoms with Crippen molar-refractivity contribution in [2.75, 3.05) is 6.61 Å². The highest BCUT2D eigenvalue weighted by Crippen LogP contribution is 2.29. The predicted octanol–water partition coefficient (Wildman–Crippen LogP) is 2.23. The Morgan fingerprint density at radius 3 is 2.67 bits per heavy atom. The molecule has 86 valence electrons. The van der Waals surface area contributed by atoms with Crippen molar-refractivity contribution in [3.63, 3.8) is 0 Å². The van der Waals surface area contributed by atoms with Gasteiger partial charge in [-0.05, 0) is 5.92 Å². The number of alkyl halides is 2. The van der Waals surface area contributed by atoms with E-state index in [2.05, 4.69) is 11.3 Å². The van der Waals surface area contributed by atoms with Gasteiger partial charge in [-0.1, -0.05) is 22.7 Å². The molecule has 3 nitrogen and oxygen atoms in total. The summed E-state index contributed by atoms with van der Waals surface area (Å²) in [5.74, 6) is -1.19. The Labute approximate surface area is 89.6 Å². The zero-order valence-corrected chi connectivity index (χ0v) is 9.58. The number of esters is 1. The molecule has 0 aliphatic rings. The van der Waals surface area contributed by atoms with Crippen LogP contribution in [0.2, 0.25) is 0 Å². The molecular weight excluding hydrogens is 223 g/mol. The number of nitrogens with one attached hydrogen (secondary N) is 1. The Morgan fingerprint density at radius 2 is 2.27 bits per heavy atom. The quantitative estimate of drug-likeness (QED) is 0.333. The van der Waals surface area contributed by atoms with Gasteiger partial charge in [0.15, 0.2) is 0 Å². The van der Waals surface area contributed by atoms with E-state index in [0.717, 1.165) is 6.21 Å². The minimum Gasteiger partial charge on any atom is -0.462 e. The van der Waals surface area contributed by atoms with Gasteiger partial charge in [0.05, 0.1) is 12.2 Å². The van der Waals surface area contributed by atoms with Crippen molar-refractivity contribution in [3.05, 3.63) is 12.2 Å². The SMILES string of the molecule is C=C(C=N)C(=O)OCC(C)CC(F)(F)P. The molecule has 0 bridgehead atoms. The molecular formula is C9H14F2NO2P. The summed E-state index contributed by atoms with van der Waals surface area (Å²) >= 11 is 0. The monoisotopic (exact) mass is 237 g/mol. The smallest absolute Gasteiger partial charge is 0.339 e. The number of carbonyl (C=O) groups is 1. The van der Waals surface area contributed by atoms with Gasteiger partial charge in [0.25, 0.3) is 5.66 Å². The topological polar surface area (TPSA) is 50.2 Å². The summed E-state index contributed by atoms with van der Waals surface area (Å²) < 4.78 is 29.7. The third-order valence-electron chi connectivity index (χ3n) is 1.56. The normalized spacial score (nSPS) is 13.1. The third kappa shape index (κ3) is 7.14. The number of ether oxygens (including phenoxy) is 1. The van der Waals surface area contributed by atoms with E-state index in [-0.39, 0.29) is 18.6 Å². The van der Waals surface area contributed by atoms with Crippen molar-refractivity contribution in [1.29, 1.82) is 5.41 Å². The zero-order valence-electron chi connectivity index (χ0n) is 8.43. The molecule has 0 amide bonds. The first-order valence-corrected chi connectivity index (χ1v) is 4.87. The Kier molecular flexibility index (Phi) is 5.58. The van der Waals surface area contributed by atoms with E-state index in [0.29, 0.717) is 0 Å². The molecule has 0 radical (unpaired) electrons. The molecule has 0 saturated heterocycles. The van der Waals surface area contributed by atoms with Crippen LogP contribution in [0, 0.1) is 11.3 Å². The maximum atomic E-state index is 12.5. The van der Waals surface area contributed by atoms with Gasteiger partial charge in [0, 0.05) is 12.6 Å². The van der Waals surface area contributed by atoms with Crippen molar-refractivity contribution in [3.8, 4) is 0 Å². The molecule has 2 unspecified atom stereocenters. The number of hydrogen-bond donors (Lipinski definition) is 1. The van der Waals surface area contributed by atoms with Gasteiger partial charge in [-0.15, -0.1) is 0 Å². The molecule has 0 aliphatic heterocycles. The predicted molar refractivity (Wildman–Crippen MR) is 57.3 cm³/mol. The van der Waals surface area contributed by atoms with Gasteiger partial charge in [0.2, 0.25) is 0 Å². The molecule has 0 aromatic heterocycles. The minimum absolute atomic E-state index is 0.0974. The van der Waals surface area contributed by atoms with Crippen molar-refractivity contribution >= 4 is 21.4 Å². The van der Waals surface area contributed by atoms with Crippen LogP contribution in [0.15, 0.2) is 12.2 Å². The zero-order chi connectivity index (χ0) is 12.1. The lowest BCUT2D eigenvalue weighted by atomic mass is 10.1. The van der Waals surface area contributed by atoms with E-state index in [1.807, 2.05) is 0 Å². The first-order chi connectivity index (χ1) is 6.76. The second-order valence-electron chi connectivity index (χ2n) is 3.34. The van der Waals surface area contributed by atoms with Crippen LogP contribution in [0.25, 0.3) is 0 Å². The molecule has 15 heavy (non-hydrogen) atoms. The first kappa shape index (κ1) is 14.2. The van der Waals surface area contributed by atoms with Gasteiger partial charge in [-0.3, -0.25) is 0 Å². The summed E-state index contributed by atoms with van der Waals surface area (Å²) in [6.07, 6.45) is 0.388. The maximum Gasteiger partial charge on any atom is 0.339 e. The van der Waals surface area contributed by atoms with Gasteiger partial charge in [-0.2, -0.15) is 0 Å². The maximum absolute atomic E-state index is 12.5. The van der Waals surface area contributed by atoms with Gasteiger partial charge >= 0.3 is 5.97 Å².